The third kappa shape index (κ3) is 1.94. The largest absolute Gasteiger partial charge is 0.326 e. The summed E-state index contributed by atoms with van der Waals surface area (Å²) in [5, 5.41) is 0. The molecular formula is C11H17N3. The molecule has 0 aliphatic carbocycles. The highest BCUT2D eigenvalue weighted by molar-refractivity contribution is 5.13. The molecule has 1 aliphatic rings. The Balaban J connectivity index is 2.05. The van der Waals surface area contributed by atoms with E-state index < -0.39 is 0 Å². The van der Waals surface area contributed by atoms with Gasteiger partial charge in [-0.2, -0.15) is 0 Å². The average Bonchev–Trinajstić information content (AvgIpc) is 2.65. The molecule has 3 nitrogen and oxygen atoms in total. The minimum atomic E-state index is 0.356. The smallest absolute Gasteiger partial charge is 0.0335 e. The van der Waals surface area contributed by atoms with Crippen LogP contribution in [-0.4, -0.2) is 29.0 Å². The predicted octanol–water partition coefficient (Wildman–Crippen LogP) is 1.18. The number of rotatable bonds is 2. The summed E-state index contributed by atoms with van der Waals surface area (Å²) in [5.74, 6) is 0. The SMILES string of the molecule is CC(c1cccnc1)N1CCC(N)C1. The van der Waals surface area contributed by atoms with Gasteiger partial charge in [0.05, 0.1) is 0 Å². The van der Waals surface area contributed by atoms with Gasteiger partial charge in [-0.3, -0.25) is 9.88 Å². The van der Waals surface area contributed by atoms with Crippen LogP contribution >= 0.6 is 0 Å². The highest BCUT2D eigenvalue weighted by atomic mass is 15.2. The molecule has 2 heterocycles. The number of hydrogen-bond acceptors (Lipinski definition) is 3. The van der Waals surface area contributed by atoms with Gasteiger partial charge in [0.15, 0.2) is 0 Å². The van der Waals surface area contributed by atoms with Crippen molar-refractivity contribution >= 4 is 0 Å². The van der Waals surface area contributed by atoms with Crippen molar-refractivity contribution in [2.75, 3.05) is 13.1 Å². The van der Waals surface area contributed by atoms with E-state index in [1.165, 1.54) is 5.56 Å². The van der Waals surface area contributed by atoms with Gasteiger partial charge in [-0.25, -0.2) is 0 Å². The molecule has 2 N–H and O–H groups in total. The molecule has 3 heteroatoms. The fourth-order valence-corrected chi connectivity index (χ4v) is 2.00. The molecule has 0 radical (unpaired) electrons. The second-order valence-electron chi connectivity index (χ2n) is 4.01. The lowest BCUT2D eigenvalue weighted by Gasteiger charge is -2.23. The lowest BCUT2D eigenvalue weighted by atomic mass is 10.1. The summed E-state index contributed by atoms with van der Waals surface area (Å²) < 4.78 is 0. The van der Waals surface area contributed by atoms with E-state index in [1.54, 1.807) is 0 Å². The van der Waals surface area contributed by atoms with Gasteiger partial charge in [0, 0.05) is 37.6 Å². The number of hydrogen-bond donors (Lipinski definition) is 1. The van der Waals surface area contributed by atoms with Gasteiger partial charge in [0.2, 0.25) is 0 Å². The Labute approximate surface area is 84.9 Å². The molecule has 0 spiro atoms. The minimum Gasteiger partial charge on any atom is -0.326 e. The van der Waals surface area contributed by atoms with Gasteiger partial charge in [-0.15, -0.1) is 0 Å². The Morgan fingerprint density at radius 2 is 2.50 bits per heavy atom. The molecule has 0 saturated carbocycles. The van der Waals surface area contributed by atoms with Crippen LogP contribution in [0.25, 0.3) is 0 Å². The van der Waals surface area contributed by atoms with Gasteiger partial charge in [-0.1, -0.05) is 6.07 Å². The number of pyridine rings is 1. The number of nitrogens with two attached hydrogens (primary N) is 1. The molecule has 1 aliphatic heterocycles. The summed E-state index contributed by atoms with van der Waals surface area (Å²) in [6, 6.07) is 4.91. The minimum absolute atomic E-state index is 0.356. The van der Waals surface area contributed by atoms with Gasteiger partial charge in [-0.05, 0) is 25.0 Å². The number of likely N-dealkylation sites (tertiary alicyclic amines) is 1. The molecular weight excluding hydrogens is 174 g/mol. The molecule has 1 aromatic rings. The summed E-state index contributed by atoms with van der Waals surface area (Å²) in [6.07, 6.45) is 4.87. The van der Waals surface area contributed by atoms with Crippen molar-refractivity contribution < 1.29 is 0 Å². The lowest BCUT2D eigenvalue weighted by molar-refractivity contribution is 0.259. The van der Waals surface area contributed by atoms with E-state index >= 15 is 0 Å². The zero-order valence-corrected chi connectivity index (χ0v) is 8.56. The van der Waals surface area contributed by atoms with Crippen LogP contribution in [0.4, 0.5) is 0 Å². The van der Waals surface area contributed by atoms with Crippen LogP contribution in [0.5, 0.6) is 0 Å². The zero-order valence-electron chi connectivity index (χ0n) is 8.56. The first-order valence-electron chi connectivity index (χ1n) is 5.17. The molecule has 0 amide bonds. The maximum atomic E-state index is 5.88. The highest BCUT2D eigenvalue weighted by Gasteiger charge is 2.24. The number of nitrogens with zero attached hydrogens (tertiary/aromatic N) is 2. The van der Waals surface area contributed by atoms with Crippen molar-refractivity contribution in [2.24, 2.45) is 5.73 Å². The maximum absolute atomic E-state index is 5.88. The quantitative estimate of drug-likeness (QED) is 0.763. The lowest BCUT2D eigenvalue weighted by Crippen LogP contribution is -2.28. The topological polar surface area (TPSA) is 42.2 Å². The average molecular weight is 191 g/mol. The Morgan fingerprint density at radius 1 is 1.64 bits per heavy atom. The van der Waals surface area contributed by atoms with Gasteiger partial charge in [0.1, 0.15) is 0 Å². The maximum Gasteiger partial charge on any atom is 0.0335 e. The normalized spacial score (nSPS) is 25.1. The fraction of sp³-hybridized carbons (Fsp3) is 0.545. The zero-order chi connectivity index (χ0) is 9.97. The van der Waals surface area contributed by atoms with E-state index in [0.717, 1.165) is 19.5 Å². The molecule has 14 heavy (non-hydrogen) atoms. The third-order valence-corrected chi connectivity index (χ3v) is 2.97. The van der Waals surface area contributed by atoms with Crippen LogP contribution in [0.3, 0.4) is 0 Å². The van der Waals surface area contributed by atoms with Crippen LogP contribution in [0.1, 0.15) is 24.9 Å². The highest BCUT2D eigenvalue weighted by Crippen LogP contribution is 2.22. The summed E-state index contributed by atoms with van der Waals surface area (Å²) in [6.45, 7) is 4.34. The molecule has 2 rings (SSSR count). The van der Waals surface area contributed by atoms with E-state index in [1.807, 2.05) is 18.5 Å². The Bertz CT molecular complexity index is 286. The second-order valence-corrected chi connectivity index (χ2v) is 4.01. The van der Waals surface area contributed by atoms with E-state index in [2.05, 4.69) is 22.9 Å². The Hall–Kier alpha value is -0.930. The first-order valence-corrected chi connectivity index (χ1v) is 5.17. The van der Waals surface area contributed by atoms with Crippen LogP contribution in [0, 0.1) is 0 Å². The van der Waals surface area contributed by atoms with Crippen molar-refractivity contribution in [1.29, 1.82) is 0 Å². The Morgan fingerprint density at radius 3 is 3.07 bits per heavy atom. The summed E-state index contributed by atoms with van der Waals surface area (Å²) in [7, 11) is 0. The van der Waals surface area contributed by atoms with Crippen molar-refractivity contribution in [1.82, 2.24) is 9.88 Å². The molecule has 1 saturated heterocycles. The van der Waals surface area contributed by atoms with Crippen LogP contribution in [0.2, 0.25) is 0 Å². The van der Waals surface area contributed by atoms with Gasteiger partial charge < -0.3 is 5.73 Å². The van der Waals surface area contributed by atoms with Gasteiger partial charge >= 0.3 is 0 Å². The molecule has 0 bridgehead atoms. The summed E-state index contributed by atoms with van der Waals surface area (Å²) in [5.41, 5.74) is 7.16. The van der Waals surface area contributed by atoms with E-state index in [-0.39, 0.29) is 0 Å². The second kappa shape index (κ2) is 4.07. The summed E-state index contributed by atoms with van der Waals surface area (Å²) >= 11 is 0. The van der Waals surface area contributed by atoms with Crippen LogP contribution in [-0.2, 0) is 0 Å². The van der Waals surface area contributed by atoms with E-state index in [0.29, 0.717) is 12.1 Å². The van der Waals surface area contributed by atoms with E-state index in [9.17, 15) is 0 Å². The van der Waals surface area contributed by atoms with Crippen molar-refractivity contribution in [2.45, 2.75) is 25.4 Å². The first kappa shape index (κ1) is 9.62. The molecule has 0 aromatic carbocycles. The number of aromatic nitrogens is 1. The molecule has 76 valence electrons. The molecule has 1 fully saturated rings. The molecule has 2 atom stereocenters. The Kier molecular flexibility index (Phi) is 2.79. The third-order valence-electron chi connectivity index (χ3n) is 2.97. The molecule has 2 unspecified atom stereocenters. The van der Waals surface area contributed by atoms with Crippen LogP contribution < -0.4 is 5.73 Å². The monoisotopic (exact) mass is 191 g/mol. The first-order chi connectivity index (χ1) is 6.77. The fourth-order valence-electron chi connectivity index (χ4n) is 2.00. The standard InChI is InChI=1S/C11H17N3/c1-9(10-3-2-5-13-7-10)14-6-4-11(12)8-14/h2-3,5,7,9,11H,4,6,8,12H2,1H3. The van der Waals surface area contributed by atoms with Crippen molar-refractivity contribution in [3.63, 3.8) is 0 Å². The van der Waals surface area contributed by atoms with E-state index in [4.69, 9.17) is 5.73 Å². The predicted molar refractivity (Wildman–Crippen MR) is 56.8 cm³/mol. The van der Waals surface area contributed by atoms with Crippen molar-refractivity contribution in [3.8, 4) is 0 Å². The van der Waals surface area contributed by atoms with Crippen LogP contribution in [0.15, 0.2) is 24.5 Å². The van der Waals surface area contributed by atoms with Gasteiger partial charge in [0.25, 0.3) is 0 Å². The molecule has 1 aromatic heterocycles. The summed E-state index contributed by atoms with van der Waals surface area (Å²) in [4.78, 5) is 6.56. The van der Waals surface area contributed by atoms with Crippen molar-refractivity contribution in [3.05, 3.63) is 30.1 Å².